The number of aliphatic carboxylic acids is 1. The first-order valence-corrected chi connectivity index (χ1v) is 8.70. The van der Waals surface area contributed by atoms with E-state index in [9.17, 15) is 22.8 Å². The van der Waals surface area contributed by atoms with Gasteiger partial charge in [0, 0.05) is 18.2 Å². The molecule has 1 unspecified atom stereocenters. The van der Waals surface area contributed by atoms with E-state index in [1.165, 1.54) is 24.3 Å². The van der Waals surface area contributed by atoms with Crippen LogP contribution in [0.3, 0.4) is 0 Å². The van der Waals surface area contributed by atoms with E-state index >= 15 is 0 Å². The number of hydrogen-bond acceptors (Lipinski definition) is 2. The molecule has 2 amide bonds. The maximum absolute atomic E-state index is 12.5. The zero-order valence-corrected chi connectivity index (χ0v) is 15.0. The summed E-state index contributed by atoms with van der Waals surface area (Å²) in [5.41, 5.74) is 1.21. The molecule has 0 fully saturated rings. The van der Waals surface area contributed by atoms with Gasteiger partial charge < -0.3 is 15.7 Å². The van der Waals surface area contributed by atoms with E-state index in [0.29, 0.717) is 6.42 Å². The SMILES string of the molecule is O=C(O)CCC(Cc1ccccc1)NC(=O)Nc1cccc(CC(F)(F)F)c1. The van der Waals surface area contributed by atoms with Gasteiger partial charge in [-0.25, -0.2) is 4.79 Å². The molecule has 0 heterocycles. The average Bonchev–Trinajstić information content (AvgIpc) is 2.59. The molecule has 0 radical (unpaired) electrons. The molecule has 0 saturated heterocycles. The van der Waals surface area contributed by atoms with Crippen LogP contribution in [-0.4, -0.2) is 29.3 Å². The van der Waals surface area contributed by atoms with E-state index in [0.717, 1.165) is 5.56 Å². The predicted molar refractivity (Wildman–Crippen MR) is 99.2 cm³/mol. The smallest absolute Gasteiger partial charge is 0.393 e. The van der Waals surface area contributed by atoms with Crippen LogP contribution in [0.15, 0.2) is 54.6 Å². The fourth-order valence-electron chi connectivity index (χ4n) is 2.76. The Balaban J connectivity index is 2.00. The number of halogens is 3. The lowest BCUT2D eigenvalue weighted by molar-refractivity contribution is -0.137. The second-order valence-corrected chi connectivity index (χ2v) is 6.41. The van der Waals surface area contributed by atoms with Crippen molar-refractivity contribution in [3.8, 4) is 0 Å². The van der Waals surface area contributed by atoms with Gasteiger partial charge in [-0.3, -0.25) is 4.79 Å². The van der Waals surface area contributed by atoms with Crippen molar-refractivity contribution in [3.63, 3.8) is 0 Å². The molecule has 3 N–H and O–H groups in total. The topological polar surface area (TPSA) is 78.4 Å². The van der Waals surface area contributed by atoms with E-state index in [4.69, 9.17) is 5.11 Å². The molecule has 0 aromatic heterocycles. The van der Waals surface area contributed by atoms with E-state index in [1.54, 1.807) is 0 Å². The molecule has 5 nitrogen and oxygen atoms in total. The number of carboxylic acids is 1. The number of urea groups is 1. The number of carboxylic acid groups (broad SMARTS) is 1. The molecule has 150 valence electrons. The third-order valence-electron chi connectivity index (χ3n) is 3.96. The van der Waals surface area contributed by atoms with Crippen LogP contribution >= 0.6 is 0 Å². The van der Waals surface area contributed by atoms with Gasteiger partial charge in [0.1, 0.15) is 0 Å². The summed E-state index contributed by atoms with van der Waals surface area (Å²) in [5.74, 6) is -0.972. The van der Waals surface area contributed by atoms with Gasteiger partial charge in [0.05, 0.1) is 6.42 Å². The van der Waals surface area contributed by atoms with Crippen molar-refractivity contribution in [2.24, 2.45) is 0 Å². The number of alkyl halides is 3. The Morgan fingerprint density at radius 1 is 1.00 bits per heavy atom. The van der Waals surface area contributed by atoms with Gasteiger partial charge in [0.25, 0.3) is 0 Å². The number of hydrogen-bond donors (Lipinski definition) is 3. The van der Waals surface area contributed by atoms with Gasteiger partial charge in [-0.05, 0) is 36.1 Å². The van der Waals surface area contributed by atoms with Crippen LogP contribution in [0.5, 0.6) is 0 Å². The highest BCUT2D eigenvalue weighted by Crippen LogP contribution is 2.23. The molecular weight excluding hydrogens is 373 g/mol. The molecular formula is C20H21F3N2O3. The summed E-state index contributed by atoms with van der Waals surface area (Å²) in [6.45, 7) is 0. The van der Waals surface area contributed by atoms with Crippen molar-refractivity contribution in [1.29, 1.82) is 0 Å². The van der Waals surface area contributed by atoms with Crippen LogP contribution in [0.1, 0.15) is 24.0 Å². The first kappa shape index (κ1) is 21.3. The van der Waals surface area contributed by atoms with Gasteiger partial charge in [0.2, 0.25) is 0 Å². The number of carbonyl (C=O) groups excluding carboxylic acids is 1. The Hall–Kier alpha value is -3.03. The summed E-state index contributed by atoms with van der Waals surface area (Å²) < 4.78 is 37.6. The quantitative estimate of drug-likeness (QED) is 0.621. The zero-order valence-electron chi connectivity index (χ0n) is 15.0. The second kappa shape index (κ2) is 9.77. The van der Waals surface area contributed by atoms with Gasteiger partial charge in [-0.2, -0.15) is 13.2 Å². The van der Waals surface area contributed by atoms with Crippen molar-refractivity contribution in [2.75, 3.05) is 5.32 Å². The number of rotatable bonds is 8. The van der Waals surface area contributed by atoms with Crippen molar-refractivity contribution in [1.82, 2.24) is 5.32 Å². The molecule has 0 spiro atoms. The third kappa shape index (κ3) is 8.11. The molecule has 8 heteroatoms. The molecule has 0 aliphatic rings. The fourth-order valence-corrected chi connectivity index (χ4v) is 2.76. The number of nitrogens with one attached hydrogen (secondary N) is 2. The average molecular weight is 394 g/mol. The van der Waals surface area contributed by atoms with E-state index in [-0.39, 0.29) is 24.1 Å². The highest BCUT2D eigenvalue weighted by atomic mass is 19.4. The van der Waals surface area contributed by atoms with Gasteiger partial charge in [0.15, 0.2) is 0 Å². The van der Waals surface area contributed by atoms with Crippen molar-refractivity contribution in [2.45, 2.75) is 37.9 Å². The van der Waals surface area contributed by atoms with Crippen molar-refractivity contribution >= 4 is 17.7 Å². The number of carbonyl (C=O) groups is 2. The standard InChI is InChI=1S/C20H21F3N2O3/c21-20(22,23)13-15-7-4-8-16(12-15)24-19(28)25-17(9-10-18(26)27)11-14-5-2-1-3-6-14/h1-8,12,17H,9-11,13H2,(H,26,27)(H2,24,25,28). The van der Waals surface area contributed by atoms with Gasteiger partial charge in [-0.15, -0.1) is 0 Å². The Morgan fingerprint density at radius 2 is 1.68 bits per heavy atom. The number of amides is 2. The normalized spacial score (nSPS) is 12.2. The number of anilines is 1. The monoisotopic (exact) mass is 394 g/mol. The Bertz CT molecular complexity index is 795. The van der Waals surface area contributed by atoms with Gasteiger partial charge >= 0.3 is 18.2 Å². The lowest BCUT2D eigenvalue weighted by Gasteiger charge is -2.19. The molecule has 2 rings (SSSR count). The molecule has 1 atom stereocenters. The van der Waals surface area contributed by atoms with Crippen LogP contribution in [0.4, 0.5) is 23.7 Å². The maximum Gasteiger partial charge on any atom is 0.393 e. The fraction of sp³-hybridized carbons (Fsp3) is 0.300. The number of benzene rings is 2. The van der Waals surface area contributed by atoms with Crippen LogP contribution in [-0.2, 0) is 17.6 Å². The minimum absolute atomic E-state index is 0.0389. The minimum atomic E-state index is -4.33. The molecule has 0 aliphatic heterocycles. The lowest BCUT2D eigenvalue weighted by Crippen LogP contribution is -2.39. The second-order valence-electron chi connectivity index (χ2n) is 6.41. The molecule has 0 bridgehead atoms. The Labute approximate surface area is 160 Å². The Kier molecular flexibility index (Phi) is 7.43. The first-order valence-electron chi connectivity index (χ1n) is 8.70. The highest BCUT2D eigenvalue weighted by Gasteiger charge is 2.27. The summed E-state index contributed by atoms with van der Waals surface area (Å²) in [4.78, 5) is 23.1. The maximum atomic E-state index is 12.5. The van der Waals surface area contributed by atoms with Crippen LogP contribution in [0.25, 0.3) is 0 Å². The predicted octanol–water partition coefficient (Wildman–Crippen LogP) is 4.39. The molecule has 0 saturated carbocycles. The molecule has 2 aromatic carbocycles. The van der Waals surface area contributed by atoms with Crippen LogP contribution in [0.2, 0.25) is 0 Å². The van der Waals surface area contributed by atoms with E-state index in [2.05, 4.69) is 10.6 Å². The molecule has 2 aromatic rings. The van der Waals surface area contributed by atoms with E-state index < -0.39 is 30.6 Å². The molecule has 28 heavy (non-hydrogen) atoms. The zero-order chi connectivity index (χ0) is 20.6. The summed E-state index contributed by atoms with van der Waals surface area (Å²) in [6.07, 6.45) is -4.86. The first-order chi connectivity index (χ1) is 13.2. The summed E-state index contributed by atoms with van der Waals surface area (Å²) in [7, 11) is 0. The van der Waals surface area contributed by atoms with Crippen LogP contribution < -0.4 is 10.6 Å². The Morgan fingerprint density at radius 3 is 2.32 bits per heavy atom. The van der Waals surface area contributed by atoms with E-state index in [1.807, 2.05) is 30.3 Å². The highest BCUT2D eigenvalue weighted by molar-refractivity contribution is 5.89. The lowest BCUT2D eigenvalue weighted by atomic mass is 10.0. The van der Waals surface area contributed by atoms with Crippen molar-refractivity contribution < 1.29 is 27.9 Å². The van der Waals surface area contributed by atoms with Gasteiger partial charge in [-0.1, -0.05) is 42.5 Å². The van der Waals surface area contributed by atoms with Crippen LogP contribution in [0, 0.1) is 0 Å². The summed E-state index contributed by atoms with van der Waals surface area (Å²) in [5, 5.41) is 14.1. The summed E-state index contributed by atoms with van der Waals surface area (Å²) >= 11 is 0. The minimum Gasteiger partial charge on any atom is -0.481 e. The summed E-state index contributed by atoms with van der Waals surface area (Å²) in [6, 6.07) is 13.8. The molecule has 0 aliphatic carbocycles. The van der Waals surface area contributed by atoms with Crippen molar-refractivity contribution in [3.05, 3.63) is 65.7 Å². The third-order valence-corrected chi connectivity index (χ3v) is 3.96. The largest absolute Gasteiger partial charge is 0.481 e.